The molecule has 3 aromatic rings. The Morgan fingerprint density at radius 1 is 1.14 bits per heavy atom. The maximum absolute atomic E-state index is 12.0. The van der Waals surface area contributed by atoms with Crippen molar-refractivity contribution in [2.45, 2.75) is 0 Å². The van der Waals surface area contributed by atoms with Crippen molar-refractivity contribution >= 4 is 35.1 Å². The van der Waals surface area contributed by atoms with Crippen LogP contribution in [0.3, 0.4) is 0 Å². The topological polar surface area (TPSA) is 93.8 Å². The van der Waals surface area contributed by atoms with Crippen molar-refractivity contribution in [1.82, 2.24) is 20.2 Å². The van der Waals surface area contributed by atoms with Gasteiger partial charge in [0.2, 0.25) is 6.39 Å². The highest BCUT2D eigenvalue weighted by Crippen LogP contribution is 2.27. The number of hydrogen-bond acceptors (Lipinski definition) is 6. The predicted octanol–water partition coefficient (Wildman–Crippen LogP) is 3.09. The zero-order valence-electron chi connectivity index (χ0n) is 10.8. The molecule has 0 saturated heterocycles. The van der Waals surface area contributed by atoms with E-state index in [1.54, 1.807) is 18.2 Å². The van der Waals surface area contributed by atoms with Crippen molar-refractivity contribution in [1.29, 1.82) is 0 Å². The van der Waals surface area contributed by atoms with Gasteiger partial charge in [-0.25, -0.2) is 9.97 Å². The van der Waals surface area contributed by atoms with Gasteiger partial charge in [-0.15, -0.1) is 5.10 Å². The summed E-state index contributed by atoms with van der Waals surface area (Å²) < 4.78 is 4.84. The first-order valence-electron chi connectivity index (χ1n) is 5.98. The lowest BCUT2D eigenvalue weighted by Crippen LogP contribution is -2.14. The second kappa shape index (κ2) is 6.08. The van der Waals surface area contributed by atoms with Crippen LogP contribution in [-0.4, -0.2) is 26.1 Å². The van der Waals surface area contributed by atoms with Crippen molar-refractivity contribution in [3.8, 4) is 11.3 Å². The summed E-state index contributed by atoms with van der Waals surface area (Å²) in [6.07, 6.45) is 2.39. The van der Waals surface area contributed by atoms with Crippen molar-refractivity contribution in [2.24, 2.45) is 0 Å². The van der Waals surface area contributed by atoms with E-state index in [-0.39, 0.29) is 11.7 Å². The van der Waals surface area contributed by atoms with Gasteiger partial charge in [-0.1, -0.05) is 34.4 Å². The molecule has 0 aliphatic rings. The monoisotopic (exact) mass is 335 g/mol. The fourth-order valence-electron chi connectivity index (χ4n) is 1.68. The molecule has 0 atom stereocenters. The van der Waals surface area contributed by atoms with Crippen LogP contribution < -0.4 is 5.32 Å². The Morgan fingerprint density at radius 3 is 2.73 bits per heavy atom. The summed E-state index contributed by atoms with van der Waals surface area (Å²) in [7, 11) is 0. The highest BCUT2D eigenvalue weighted by Gasteiger charge is 2.13. The number of nitrogens with zero attached hydrogens (tertiary/aromatic N) is 4. The summed E-state index contributed by atoms with van der Waals surface area (Å²) in [5, 5.41) is 10.3. The first-order valence-corrected chi connectivity index (χ1v) is 6.74. The molecule has 110 valence electrons. The minimum atomic E-state index is -0.493. The predicted molar refractivity (Wildman–Crippen MR) is 79.7 cm³/mol. The van der Waals surface area contributed by atoms with Gasteiger partial charge in [0.15, 0.2) is 0 Å². The summed E-state index contributed by atoms with van der Waals surface area (Å²) in [4.78, 5) is 20.1. The smallest absolute Gasteiger partial charge is 0.322 e. The summed E-state index contributed by atoms with van der Waals surface area (Å²) in [5.41, 5.74) is 1.39. The van der Waals surface area contributed by atoms with Gasteiger partial charge in [-0.2, -0.15) is 0 Å². The molecule has 1 amide bonds. The average molecular weight is 336 g/mol. The third-order valence-corrected chi connectivity index (χ3v) is 3.43. The lowest BCUT2D eigenvalue weighted by molar-refractivity contribution is 0.101. The SMILES string of the molecule is O=C(Nc1nnco1)c1cc(-c2ccc(Cl)c(Cl)c2)ncn1. The number of carbonyl (C=O) groups is 1. The fourth-order valence-corrected chi connectivity index (χ4v) is 1.98. The quantitative estimate of drug-likeness (QED) is 0.790. The largest absolute Gasteiger partial charge is 0.411 e. The van der Waals surface area contributed by atoms with Crippen LogP contribution in [0.2, 0.25) is 10.0 Å². The molecule has 0 saturated carbocycles. The summed E-state index contributed by atoms with van der Waals surface area (Å²) >= 11 is 11.9. The average Bonchev–Trinajstić information content (AvgIpc) is 3.03. The van der Waals surface area contributed by atoms with Gasteiger partial charge in [-0.05, 0) is 18.2 Å². The number of amides is 1. The Kier molecular flexibility index (Phi) is 3.99. The van der Waals surface area contributed by atoms with Crippen molar-refractivity contribution in [3.63, 3.8) is 0 Å². The zero-order valence-corrected chi connectivity index (χ0v) is 12.3. The van der Waals surface area contributed by atoms with Gasteiger partial charge in [0, 0.05) is 5.56 Å². The number of rotatable bonds is 3. The van der Waals surface area contributed by atoms with Gasteiger partial charge >= 0.3 is 6.01 Å². The molecular formula is C13H7Cl2N5O2. The van der Waals surface area contributed by atoms with E-state index < -0.39 is 5.91 Å². The Bertz CT molecular complexity index is 823. The van der Waals surface area contributed by atoms with Crippen LogP contribution in [0.15, 0.2) is 41.4 Å². The van der Waals surface area contributed by atoms with Gasteiger partial charge in [0.1, 0.15) is 12.0 Å². The number of hydrogen-bond donors (Lipinski definition) is 1. The third-order valence-electron chi connectivity index (χ3n) is 2.70. The Morgan fingerprint density at radius 2 is 2.00 bits per heavy atom. The Labute approximate surface area is 134 Å². The fraction of sp³-hybridized carbons (Fsp3) is 0. The van der Waals surface area contributed by atoms with Gasteiger partial charge < -0.3 is 4.42 Å². The lowest BCUT2D eigenvalue weighted by Gasteiger charge is -2.04. The van der Waals surface area contributed by atoms with Crippen LogP contribution >= 0.6 is 23.2 Å². The van der Waals surface area contributed by atoms with E-state index in [0.29, 0.717) is 21.3 Å². The van der Waals surface area contributed by atoms with Crippen LogP contribution in [-0.2, 0) is 0 Å². The van der Waals surface area contributed by atoms with Crippen LogP contribution in [0.25, 0.3) is 11.3 Å². The molecule has 3 rings (SSSR count). The van der Waals surface area contributed by atoms with E-state index in [1.165, 1.54) is 12.4 Å². The van der Waals surface area contributed by atoms with E-state index in [2.05, 4.69) is 25.5 Å². The van der Waals surface area contributed by atoms with Crippen LogP contribution in [0.5, 0.6) is 0 Å². The first-order chi connectivity index (χ1) is 10.6. The van der Waals surface area contributed by atoms with Gasteiger partial charge in [-0.3, -0.25) is 10.1 Å². The Balaban J connectivity index is 1.88. The number of nitrogens with one attached hydrogen (secondary N) is 1. The van der Waals surface area contributed by atoms with E-state index in [1.807, 2.05) is 0 Å². The molecule has 7 nitrogen and oxygen atoms in total. The summed E-state index contributed by atoms with van der Waals surface area (Å²) in [6, 6.07) is 6.56. The van der Waals surface area contributed by atoms with E-state index >= 15 is 0 Å². The molecule has 0 spiro atoms. The number of halogens is 2. The highest BCUT2D eigenvalue weighted by atomic mass is 35.5. The minimum absolute atomic E-state index is 0.0142. The van der Waals surface area contributed by atoms with Gasteiger partial charge in [0.25, 0.3) is 5.91 Å². The first kappa shape index (κ1) is 14.4. The number of benzene rings is 1. The highest BCUT2D eigenvalue weighted by molar-refractivity contribution is 6.42. The molecule has 0 aliphatic carbocycles. The van der Waals surface area contributed by atoms with Crippen LogP contribution in [0, 0.1) is 0 Å². The molecule has 0 fully saturated rings. The lowest BCUT2D eigenvalue weighted by atomic mass is 10.1. The Hall–Kier alpha value is -2.51. The second-order valence-electron chi connectivity index (χ2n) is 4.12. The van der Waals surface area contributed by atoms with Crippen LogP contribution in [0.4, 0.5) is 6.01 Å². The van der Waals surface area contributed by atoms with Crippen molar-refractivity contribution in [3.05, 3.63) is 52.7 Å². The molecule has 9 heteroatoms. The molecule has 2 heterocycles. The standard InChI is InChI=1S/C13H7Cl2N5O2/c14-8-2-1-7(3-9(8)15)10-4-11(17-5-16-10)12(21)19-13-20-18-6-22-13/h1-6H,(H,19,20,21). The zero-order chi connectivity index (χ0) is 15.5. The molecule has 1 N–H and O–H groups in total. The summed E-state index contributed by atoms with van der Waals surface area (Å²) in [6.45, 7) is 0. The van der Waals surface area contributed by atoms with Gasteiger partial charge in [0.05, 0.1) is 15.7 Å². The summed E-state index contributed by atoms with van der Waals surface area (Å²) in [5.74, 6) is -0.493. The number of carbonyl (C=O) groups excluding carboxylic acids is 1. The van der Waals surface area contributed by atoms with Crippen molar-refractivity contribution < 1.29 is 9.21 Å². The second-order valence-corrected chi connectivity index (χ2v) is 4.93. The van der Waals surface area contributed by atoms with Crippen molar-refractivity contribution in [2.75, 3.05) is 5.32 Å². The number of anilines is 1. The normalized spacial score (nSPS) is 10.5. The third kappa shape index (κ3) is 3.05. The minimum Gasteiger partial charge on any atom is -0.411 e. The molecule has 1 aromatic carbocycles. The van der Waals surface area contributed by atoms with E-state index in [9.17, 15) is 4.79 Å². The molecule has 22 heavy (non-hydrogen) atoms. The molecule has 0 unspecified atom stereocenters. The molecule has 0 radical (unpaired) electrons. The molecule has 0 aliphatic heterocycles. The van der Waals surface area contributed by atoms with E-state index in [4.69, 9.17) is 27.6 Å². The molecule has 2 aromatic heterocycles. The molecular weight excluding hydrogens is 329 g/mol. The van der Waals surface area contributed by atoms with Crippen LogP contribution in [0.1, 0.15) is 10.5 Å². The maximum Gasteiger partial charge on any atom is 0.322 e. The maximum atomic E-state index is 12.0. The number of aromatic nitrogens is 4. The molecule has 0 bridgehead atoms. The van der Waals surface area contributed by atoms with E-state index in [0.717, 1.165) is 6.39 Å².